The van der Waals surface area contributed by atoms with E-state index in [0.29, 0.717) is 24.4 Å². The van der Waals surface area contributed by atoms with Gasteiger partial charge in [0.1, 0.15) is 11.5 Å². The minimum atomic E-state index is -0.353. The number of carbonyl (C=O) groups is 2. The molecule has 0 aliphatic heterocycles. The Labute approximate surface area is 163 Å². The van der Waals surface area contributed by atoms with Crippen LogP contribution < -0.4 is 15.5 Å². The van der Waals surface area contributed by atoms with E-state index in [1.54, 1.807) is 18.2 Å². The predicted octanol–water partition coefficient (Wildman–Crippen LogP) is 2.74. The Bertz CT molecular complexity index is 900. The minimum absolute atomic E-state index is 0.132. The molecule has 0 bridgehead atoms. The van der Waals surface area contributed by atoms with Crippen LogP contribution in [-0.4, -0.2) is 30.7 Å². The van der Waals surface area contributed by atoms with Gasteiger partial charge in [0.05, 0.1) is 5.71 Å². The molecule has 3 rings (SSSR count). The molecular formula is C21H23N3O4. The largest absolute Gasteiger partial charge is 0.484 e. The molecule has 1 aromatic heterocycles. The second-order valence-corrected chi connectivity index (χ2v) is 6.40. The molecule has 2 aromatic rings. The Morgan fingerprint density at radius 3 is 2.82 bits per heavy atom. The van der Waals surface area contributed by atoms with Crippen molar-refractivity contribution >= 4 is 17.5 Å². The third-order valence-corrected chi connectivity index (χ3v) is 4.37. The first-order valence-corrected chi connectivity index (χ1v) is 9.15. The van der Waals surface area contributed by atoms with Gasteiger partial charge in [0.25, 0.3) is 11.8 Å². The number of aryl methyl sites for hydroxylation is 1. The molecule has 7 nitrogen and oxygen atoms in total. The molecule has 7 heteroatoms. The molecule has 0 fully saturated rings. The number of para-hydroxylation sites is 1. The molecule has 0 atom stereocenters. The van der Waals surface area contributed by atoms with Gasteiger partial charge in [0, 0.05) is 24.1 Å². The zero-order valence-electron chi connectivity index (χ0n) is 15.8. The number of furan rings is 1. The lowest BCUT2D eigenvalue weighted by molar-refractivity contribution is -0.123. The van der Waals surface area contributed by atoms with Crippen molar-refractivity contribution in [3.8, 4) is 5.75 Å². The van der Waals surface area contributed by atoms with Crippen molar-refractivity contribution in [3.63, 3.8) is 0 Å². The van der Waals surface area contributed by atoms with Gasteiger partial charge in [0.2, 0.25) is 0 Å². The summed E-state index contributed by atoms with van der Waals surface area (Å²) in [6.45, 7) is 5.64. The Morgan fingerprint density at radius 2 is 2.07 bits per heavy atom. The number of fused-ring (bicyclic) bond motifs is 1. The van der Waals surface area contributed by atoms with Crippen molar-refractivity contribution in [2.75, 3.05) is 13.2 Å². The maximum absolute atomic E-state index is 12.3. The second kappa shape index (κ2) is 9.03. The summed E-state index contributed by atoms with van der Waals surface area (Å²) in [5.41, 5.74) is 4.77. The average Bonchev–Trinajstić information content (AvgIpc) is 3.07. The topological polar surface area (TPSA) is 92.9 Å². The van der Waals surface area contributed by atoms with E-state index in [9.17, 15) is 9.59 Å². The lowest BCUT2D eigenvalue weighted by Gasteiger charge is -2.13. The summed E-state index contributed by atoms with van der Waals surface area (Å²) in [6, 6.07) is 9.10. The van der Waals surface area contributed by atoms with Crippen LogP contribution in [0.25, 0.3) is 0 Å². The lowest BCUT2D eigenvalue weighted by Crippen LogP contribution is -2.27. The number of amides is 2. The molecule has 0 radical (unpaired) electrons. The number of nitrogens with one attached hydrogen (secondary N) is 2. The number of carbonyl (C=O) groups excluding carboxylic acids is 2. The van der Waals surface area contributed by atoms with Gasteiger partial charge in [0.15, 0.2) is 12.4 Å². The second-order valence-electron chi connectivity index (χ2n) is 6.40. The quantitative estimate of drug-likeness (QED) is 0.570. The molecule has 2 N–H and O–H groups in total. The van der Waals surface area contributed by atoms with Crippen molar-refractivity contribution in [2.24, 2.45) is 5.10 Å². The van der Waals surface area contributed by atoms with Gasteiger partial charge in [-0.25, -0.2) is 5.43 Å². The van der Waals surface area contributed by atoms with Crippen LogP contribution in [0.3, 0.4) is 0 Å². The molecular weight excluding hydrogens is 358 g/mol. The highest BCUT2D eigenvalue weighted by Crippen LogP contribution is 2.29. The monoisotopic (exact) mass is 381 g/mol. The average molecular weight is 381 g/mol. The van der Waals surface area contributed by atoms with Gasteiger partial charge < -0.3 is 14.5 Å². The van der Waals surface area contributed by atoms with Crippen LogP contribution in [0.2, 0.25) is 0 Å². The van der Waals surface area contributed by atoms with E-state index < -0.39 is 0 Å². The number of hydrogen-bond acceptors (Lipinski definition) is 5. The summed E-state index contributed by atoms with van der Waals surface area (Å²) >= 11 is 0. The van der Waals surface area contributed by atoms with Crippen molar-refractivity contribution in [1.29, 1.82) is 0 Å². The van der Waals surface area contributed by atoms with Crippen LogP contribution in [-0.2, 0) is 11.2 Å². The first kappa shape index (κ1) is 19.4. The molecule has 1 aliphatic rings. The molecule has 0 saturated heterocycles. The van der Waals surface area contributed by atoms with Crippen molar-refractivity contribution in [2.45, 2.75) is 26.2 Å². The van der Waals surface area contributed by atoms with Crippen LogP contribution in [0.4, 0.5) is 0 Å². The maximum Gasteiger partial charge on any atom is 0.287 e. The van der Waals surface area contributed by atoms with E-state index in [0.717, 1.165) is 29.7 Å². The van der Waals surface area contributed by atoms with E-state index in [-0.39, 0.29) is 24.2 Å². The van der Waals surface area contributed by atoms with Crippen LogP contribution in [0.5, 0.6) is 5.75 Å². The van der Waals surface area contributed by atoms with Gasteiger partial charge in [-0.3, -0.25) is 9.59 Å². The molecule has 0 unspecified atom stereocenters. The van der Waals surface area contributed by atoms with E-state index in [1.165, 1.54) is 0 Å². The van der Waals surface area contributed by atoms with Crippen LogP contribution in [0, 0.1) is 6.92 Å². The highest BCUT2D eigenvalue weighted by Gasteiger charge is 2.27. The first-order valence-electron chi connectivity index (χ1n) is 9.15. The molecule has 2 amide bonds. The highest BCUT2D eigenvalue weighted by molar-refractivity contribution is 6.06. The zero-order chi connectivity index (χ0) is 19.9. The molecule has 146 valence electrons. The number of hydrogen-bond donors (Lipinski definition) is 2. The fourth-order valence-corrected chi connectivity index (χ4v) is 3.07. The number of ether oxygens (including phenoxy) is 1. The summed E-state index contributed by atoms with van der Waals surface area (Å²) in [5.74, 6) is 0.979. The molecule has 0 spiro atoms. The fraction of sp³-hybridized carbons (Fsp3) is 0.286. The molecule has 1 aliphatic carbocycles. The Hall–Kier alpha value is -3.35. The number of hydrazone groups is 1. The van der Waals surface area contributed by atoms with Gasteiger partial charge in [-0.1, -0.05) is 24.3 Å². The molecule has 1 aromatic carbocycles. The summed E-state index contributed by atoms with van der Waals surface area (Å²) < 4.78 is 11.2. The maximum atomic E-state index is 12.3. The van der Waals surface area contributed by atoms with Crippen molar-refractivity contribution < 1.29 is 18.7 Å². The number of benzene rings is 1. The summed E-state index contributed by atoms with van der Waals surface area (Å²) in [6.07, 6.45) is 3.87. The van der Waals surface area contributed by atoms with Gasteiger partial charge >= 0.3 is 0 Å². The standard InChI is InChI=1S/C21H23N3O4/c1-3-12-22-21(26)20-14(2)19-16(10-7-11-17(19)28-20)23-24-18(25)13-27-15-8-5-4-6-9-15/h3-6,8-9H,1,7,10-13H2,2H3,(H,22,26)(H,24,25)/b23-16+. The molecule has 1 heterocycles. The van der Waals surface area contributed by atoms with Crippen LogP contribution >= 0.6 is 0 Å². The summed E-state index contributed by atoms with van der Waals surface area (Å²) in [4.78, 5) is 24.3. The Kier molecular flexibility index (Phi) is 6.26. The van der Waals surface area contributed by atoms with Gasteiger partial charge in [-0.15, -0.1) is 6.58 Å². The number of nitrogens with zero attached hydrogens (tertiary/aromatic N) is 1. The predicted molar refractivity (Wildman–Crippen MR) is 106 cm³/mol. The highest BCUT2D eigenvalue weighted by atomic mass is 16.5. The Balaban J connectivity index is 1.69. The normalized spacial score (nSPS) is 14.2. The first-order chi connectivity index (χ1) is 13.6. The smallest absolute Gasteiger partial charge is 0.287 e. The van der Waals surface area contributed by atoms with E-state index in [1.807, 2.05) is 25.1 Å². The van der Waals surface area contributed by atoms with Crippen molar-refractivity contribution in [1.82, 2.24) is 10.7 Å². The number of rotatable bonds is 7. The van der Waals surface area contributed by atoms with Gasteiger partial charge in [-0.05, 0) is 31.9 Å². The van der Waals surface area contributed by atoms with Gasteiger partial charge in [-0.2, -0.15) is 5.10 Å². The van der Waals surface area contributed by atoms with Crippen molar-refractivity contribution in [3.05, 3.63) is 65.6 Å². The molecule has 28 heavy (non-hydrogen) atoms. The summed E-state index contributed by atoms with van der Waals surface area (Å²) in [5, 5.41) is 6.98. The SMILES string of the molecule is C=CCNC(=O)c1oc2c(c1C)/C(=N/NC(=O)COc1ccccc1)CCC2. The zero-order valence-corrected chi connectivity index (χ0v) is 15.8. The lowest BCUT2D eigenvalue weighted by atomic mass is 9.93. The Morgan fingerprint density at radius 1 is 1.29 bits per heavy atom. The van der Waals surface area contributed by atoms with Crippen LogP contribution in [0.15, 0.2) is 52.5 Å². The molecule has 0 saturated carbocycles. The minimum Gasteiger partial charge on any atom is -0.484 e. The third-order valence-electron chi connectivity index (χ3n) is 4.37. The fourth-order valence-electron chi connectivity index (χ4n) is 3.07. The van der Waals surface area contributed by atoms with Crippen LogP contribution in [0.1, 0.15) is 40.3 Å². The summed E-state index contributed by atoms with van der Waals surface area (Å²) in [7, 11) is 0. The third kappa shape index (κ3) is 4.49. The van der Waals surface area contributed by atoms with E-state index in [4.69, 9.17) is 9.15 Å². The van der Waals surface area contributed by atoms with E-state index >= 15 is 0 Å². The van der Waals surface area contributed by atoms with E-state index in [2.05, 4.69) is 22.4 Å².